The molecule has 1 aromatic heterocycles. The lowest BCUT2D eigenvalue weighted by molar-refractivity contribution is -0.146. The second kappa shape index (κ2) is 13.2. The highest BCUT2D eigenvalue weighted by molar-refractivity contribution is 6.29. The van der Waals surface area contributed by atoms with E-state index in [1.165, 1.54) is 12.1 Å². The summed E-state index contributed by atoms with van der Waals surface area (Å²) in [5, 5.41) is 5.23. The molecular formula is C23H26ClN3O6. The van der Waals surface area contributed by atoms with Crippen LogP contribution in [-0.4, -0.2) is 53.9 Å². The summed E-state index contributed by atoms with van der Waals surface area (Å²) in [4.78, 5) is 53.1. The van der Waals surface area contributed by atoms with Gasteiger partial charge in [0.25, 0.3) is 5.91 Å². The number of carbonyl (C=O) groups excluding carboxylic acids is 4. The lowest BCUT2D eigenvalue weighted by Crippen LogP contribution is -2.42. The molecule has 10 heteroatoms. The van der Waals surface area contributed by atoms with E-state index in [2.05, 4.69) is 15.6 Å². The van der Waals surface area contributed by atoms with Crippen molar-refractivity contribution in [3.63, 3.8) is 0 Å². The Morgan fingerprint density at radius 2 is 1.70 bits per heavy atom. The maximum atomic E-state index is 12.9. The van der Waals surface area contributed by atoms with Crippen molar-refractivity contribution in [3.8, 4) is 11.3 Å². The largest absolute Gasteiger partial charge is 0.466 e. The molecular weight excluding hydrogens is 450 g/mol. The molecule has 0 bridgehead atoms. The maximum Gasteiger partial charge on any atom is 0.328 e. The highest BCUT2D eigenvalue weighted by Gasteiger charge is 2.25. The van der Waals surface area contributed by atoms with Crippen molar-refractivity contribution in [1.82, 2.24) is 10.3 Å². The Morgan fingerprint density at radius 3 is 2.33 bits per heavy atom. The zero-order valence-electron chi connectivity index (χ0n) is 18.4. The van der Waals surface area contributed by atoms with Gasteiger partial charge in [-0.25, -0.2) is 9.78 Å². The standard InChI is InChI=1S/C23H26ClN3O6/c1-3-32-20(29)13-12-18(23(31)33-4-2)27-22(30)17-11-10-16(25-19(28)14-24)21(26-17)15-8-6-5-7-9-15/h5-11,18H,3-4,12-14H2,1-2H3,(H,25,28)(H,27,30). The van der Waals surface area contributed by atoms with Crippen molar-refractivity contribution in [2.24, 2.45) is 0 Å². The van der Waals surface area contributed by atoms with E-state index in [-0.39, 0.29) is 37.6 Å². The molecule has 1 unspecified atom stereocenters. The Bertz CT molecular complexity index is 983. The van der Waals surface area contributed by atoms with Crippen LogP contribution in [0.1, 0.15) is 37.2 Å². The molecule has 0 radical (unpaired) electrons. The van der Waals surface area contributed by atoms with E-state index in [1.807, 2.05) is 6.07 Å². The van der Waals surface area contributed by atoms with Gasteiger partial charge in [-0.15, -0.1) is 11.6 Å². The molecule has 0 saturated heterocycles. The van der Waals surface area contributed by atoms with Crippen molar-refractivity contribution in [2.75, 3.05) is 24.4 Å². The number of nitrogens with zero attached hydrogens (tertiary/aromatic N) is 1. The second-order valence-corrected chi connectivity index (χ2v) is 7.03. The summed E-state index contributed by atoms with van der Waals surface area (Å²) in [6.07, 6.45) is -0.0531. The fourth-order valence-corrected chi connectivity index (χ4v) is 2.97. The van der Waals surface area contributed by atoms with Crippen molar-refractivity contribution >= 4 is 41.0 Å². The Hall–Kier alpha value is -3.46. The third-order valence-corrected chi connectivity index (χ3v) is 4.63. The number of hydrogen-bond donors (Lipinski definition) is 2. The van der Waals surface area contributed by atoms with E-state index in [0.717, 1.165) is 0 Å². The number of halogens is 1. The number of pyridine rings is 1. The number of ether oxygens (including phenoxy) is 2. The fraction of sp³-hybridized carbons (Fsp3) is 0.348. The number of benzene rings is 1. The van der Waals surface area contributed by atoms with Crippen LogP contribution in [-0.2, 0) is 23.9 Å². The number of aromatic nitrogens is 1. The molecule has 9 nitrogen and oxygen atoms in total. The molecule has 2 N–H and O–H groups in total. The number of nitrogens with one attached hydrogen (secondary N) is 2. The van der Waals surface area contributed by atoms with Crippen molar-refractivity contribution in [3.05, 3.63) is 48.2 Å². The number of alkyl halides is 1. The molecule has 0 aliphatic heterocycles. The Morgan fingerprint density at radius 1 is 1.00 bits per heavy atom. The molecule has 0 aliphatic carbocycles. The van der Waals surface area contributed by atoms with E-state index in [0.29, 0.717) is 16.9 Å². The summed E-state index contributed by atoms with van der Waals surface area (Å²) in [6, 6.07) is 10.9. The molecule has 1 aromatic carbocycles. The molecule has 2 rings (SSSR count). The molecule has 0 saturated carbocycles. The van der Waals surface area contributed by atoms with Gasteiger partial charge in [-0.2, -0.15) is 0 Å². The highest BCUT2D eigenvalue weighted by Crippen LogP contribution is 2.26. The minimum absolute atomic E-state index is 0.0127. The predicted octanol–water partition coefficient (Wildman–Crippen LogP) is 2.93. The van der Waals surface area contributed by atoms with Crippen LogP contribution in [0.15, 0.2) is 42.5 Å². The molecule has 0 aliphatic rings. The number of carbonyl (C=O) groups is 4. The van der Waals surface area contributed by atoms with Crippen LogP contribution in [0.3, 0.4) is 0 Å². The van der Waals surface area contributed by atoms with E-state index in [1.54, 1.807) is 38.1 Å². The van der Waals surface area contributed by atoms with Crippen LogP contribution < -0.4 is 10.6 Å². The molecule has 33 heavy (non-hydrogen) atoms. The topological polar surface area (TPSA) is 124 Å². The summed E-state index contributed by atoms with van der Waals surface area (Å²) in [5.41, 5.74) is 1.43. The van der Waals surface area contributed by atoms with E-state index < -0.39 is 29.8 Å². The molecule has 0 spiro atoms. The normalized spacial score (nSPS) is 11.2. The lowest BCUT2D eigenvalue weighted by atomic mass is 10.1. The van der Waals surface area contributed by atoms with Gasteiger partial charge in [0.1, 0.15) is 17.6 Å². The van der Waals surface area contributed by atoms with Gasteiger partial charge >= 0.3 is 11.9 Å². The predicted molar refractivity (Wildman–Crippen MR) is 123 cm³/mol. The number of anilines is 1. The summed E-state index contributed by atoms with van der Waals surface area (Å²) < 4.78 is 9.90. The van der Waals surface area contributed by atoms with Gasteiger partial charge in [0, 0.05) is 12.0 Å². The second-order valence-electron chi connectivity index (χ2n) is 6.76. The molecule has 1 heterocycles. The van der Waals surface area contributed by atoms with Gasteiger partial charge in [0.2, 0.25) is 5.91 Å². The van der Waals surface area contributed by atoms with Gasteiger partial charge in [-0.3, -0.25) is 14.4 Å². The number of hydrogen-bond acceptors (Lipinski definition) is 7. The van der Waals surface area contributed by atoms with Crippen LogP contribution in [0.4, 0.5) is 5.69 Å². The van der Waals surface area contributed by atoms with Gasteiger partial charge in [-0.1, -0.05) is 30.3 Å². The fourth-order valence-electron chi connectivity index (χ4n) is 2.91. The first-order valence-corrected chi connectivity index (χ1v) is 11.0. The van der Waals surface area contributed by atoms with Crippen LogP contribution in [0.25, 0.3) is 11.3 Å². The van der Waals surface area contributed by atoms with Crippen molar-refractivity contribution in [1.29, 1.82) is 0 Å². The van der Waals surface area contributed by atoms with E-state index in [9.17, 15) is 19.2 Å². The van der Waals surface area contributed by atoms with Gasteiger partial charge in [0.15, 0.2) is 0 Å². The van der Waals surface area contributed by atoms with Crippen LogP contribution in [0.5, 0.6) is 0 Å². The zero-order chi connectivity index (χ0) is 24.2. The van der Waals surface area contributed by atoms with Crippen molar-refractivity contribution in [2.45, 2.75) is 32.7 Å². The molecule has 2 aromatic rings. The van der Waals surface area contributed by atoms with Crippen molar-refractivity contribution < 1.29 is 28.7 Å². The first-order chi connectivity index (χ1) is 15.9. The monoisotopic (exact) mass is 475 g/mol. The third-order valence-electron chi connectivity index (χ3n) is 4.39. The zero-order valence-corrected chi connectivity index (χ0v) is 19.2. The number of esters is 2. The Kier molecular flexibility index (Phi) is 10.3. The van der Waals surface area contributed by atoms with Crippen LogP contribution >= 0.6 is 11.6 Å². The number of rotatable bonds is 11. The minimum Gasteiger partial charge on any atom is -0.466 e. The van der Waals surface area contributed by atoms with E-state index in [4.69, 9.17) is 21.1 Å². The number of amides is 2. The summed E-state index contributed by atoms with van der Waals surface area (Å²) >= 11 is 5.59. The van der Waals surface area contributed by atoms with Crippen LogP contribution in [0, 0.1) is 0 Å². The van der Waals surface area contributed by atoms with Gasteiger partial charge < -0.3 is 20.1 Å². The summed E-state index contributed by atoms with van der Waals surface area (Å²) in [7, 11) is 0. The summed E-state index contributed by atoms with van der Waals surface area (Å²) in [6.45, 7) is 3.66. The van der Waals surface area contributed by atoms with Gasteiger partial charge in [-0.05, 0) is 32.4 Å². The third kappa shape index (κ3) is 7.87. The Balaban J connectivity index is 2.29. The average molecular weight is 476 g/mol. The molecule has 0 fully saturated rings. The molecule has 176 valence electrons. The minimum atomic E-state index is -1.06. The first-order valence-electron chi connectivity index (χ1n) is 10.4. The average Bonchev–Trinajstić information content (AvgIpc) is 2.82. The van der Waals surface area contributed by atoms with Gasteiger partial charge in [0.05, 0.1) is 24.6 Å². The first kappa shape index (κ1) is 25.8. The SMILES string of the molecule is CCOC(=O)CCC(NC(=O)c1ccc(NC(=O)CCl)c(-c2ccccc2)n1)C(=O)OCC. The maximum absolute atomic E-state index is 12.9. The molecule has 1 atom stereocenters. The Labute approximate surface area is 196 Å². The van der Waals surface area contributed by atoms with Crippen LogP contribution in [0.2, 0.25) is 0 Å². The lowest BCUT2D eigenvalue weighted by Gasteiger charge is -2.17. The smallest absolute Gasteiger partial charge is 0.328 e. The highest BCUT2D eigenvalue weighted by atomic mass is 35.5. The quantitative estimate of drug-likeness (QED) is 0.378. The summed E-state index contributed by atoms with van der Waals surface area (Å²) in [5.74, 6) is -2.44. The van der Waals surface area contributed by atoms with E-state index >= 15 is 0 Å². The molecule has 2 amide bonds.